The number of allylic oxidation sites excluding steroid dienone is 1. The molecule has 0 heterocycles. The van der Waals surface area contributed by atoms with E-state index in [2.05, 4.69) is 39.0 Å². The van der Waals surface area contributed by atoms with Gasteiger partial charge >= 0.3 is 0 Å². The molecule has 1 rings (SSSR count). The maximum absolute atomic E-state index is 5.37. The van der Waals surface area contributed by atoms with Crippen molar-refractivity contribution in [3.8, 4) is 0 Å². The van der Waals surface area contributed by atoms with Crippen molar-refractivity contribution in [1.29, 1.82) is 0 Å². The predicted molar refractivity (Wildman–Crippen MR) is 60.9 cm³/mol. The molecule has 0 amide bonds. The molecule has 1 heteroatoms. The second-order valence-corrected chi connectivity index (χ2v) is 4.44. The lowest BCUT2D eigenvalue weighted by molar-refractivity contribution is 0.361. The summed E-state index contributed by atoms with van der Waals surface area (Å²) in [5, 5.41) is 0. The minimum absolute atomic E-state index is 0.140. The van der Waals surface area contributed by atoms with Crippen LogP contribution in [-0.2, 0) is 4.74 Å². The molecular weight excluding hydrogens is 172 g/mol. The summed E-state index contributed by atoms with van der Waals surface area (Å²) in [6, 6.07) is 10.2. The Morgan fingerprint density at radius 1 is 1.14 bits per heavy atom. The summed E-state index contributed by atoms with van der Waals surface area (Å²) in [4.78, 5) is 0. The van der Waals surface area contributed by atoms with Gasteiger partial charge in [-0.1, -0.05) is 51.1 Å². The first-order chi connectivity index (χ1) is 6.53. The largest absolute Gasteiger partial charge is 0.496 e. The van der Waals surface area contributed by atoms with E-state index in [0.717, 1.165) is 11.3 Å². The molecule has 0 saturated heterocycles. The normalized spacial score (nSPS) is 12.7. The van der Waals surface area contributed by atoms with Crippen molar-refractivity contribution in [2.75, 3.05) is 7.11 Å². The van der Waals surface area contributed by atoms with Crippen molar-refractivity contribution >= 4 is 5.76 Å². The van der Waals surface area contributed by atoms with Crippen LogP contribution in [0, 0.1) is 5.41 Å². The van der Waals surface area contributed by atoms with E-state index in [1.807, 2.05) is 18.2 Å². The Labute approximate surface area is 86.4 Å². The summed E-state index contributed by atoms with van der Waals surface area (Å²) >= 11 is 0. The highest BCUT2D eigenvalue weighted by atomic mass is 16.5. The van der Waals surface area contributed by atoms with Gasteiger partial charge in [-0.3, -0.25) is 0 Å². The van der Waals surface area contributed by atoms with Gasteiger partial charge in [0.15, 0.2) is 0 Å². The third-order valence-electron chi connectivity index (χ3n) is 1.84. The van der Waals surface area contributed by atoms with Crippen LogP contribution in [0.2, 0.25) is 0 Å². The van der Waals surface area contributed by atoms with Crippen LogP contribution in [0.4, 0.5) is 0 Å². The highest BCUT2D eigenvalue weighted by Gasteiger charge is 2.09. The van der Waals surface area contributed by atoms with Crippen molar-refractivity contribution in [1.82, 2.24) is 0 Å². The molecule has 0 N–H and O–H groups in total. The first kappa shape index (κ1) is 10.8. The second-order valence-electron chi connectivity index (χ2n) is 4.44. The SMILES string of the molecule is CO/C(=C/C(C)(C)C)c1ccccc1. The smallest absolute Gasteiger partial charge is 0.122 e. The average molecular weight is 190 g/mol. The summed E-state index contributed by atoms with van der Waals surface area (Å²) in [5.41, 5.74) is 1.27. The van der Waals surface area contributed by atoms with E-state index in [4.69, 9.17) is 4.74 Å². The molecule has 0 unspecified atom stereocenters. The quantitative estimate of drug-likeness (QED) is 0.646. The first-order valence-corrected chi connectivity index (χ1v) is 4.85. The highest BCUT2D eigenvalue weighted by Crippen LogP contribution is 2.23. The van der Waals surface area contributed by atoms with Crippen molar-refractivity contribution in [2.45, 2.75) is 20.8 Å². The molecule has 1 aromatic carbocycles. The van der Waals surface area contributed by atoms with Crippen LogP contribution in [-0.4, -0.2) is 7.11 Å². The lowest BCUT2D eigenvalue weighted by Gasteiger charge is -2.15. The van der Waals surface area contributed by atoms with Gasteiger partial charge in [0.1, 0.15) is 5.76 Å². The molecule has 0 bridgehead atoms. The van der Waals surface area contributed by atoms with Crippen molar-refractivity contribution in [3.63, 3.8) is 0 Å². The second kappa shape index (κ2) is 4.32. The Hall–Kier alpha value is -1.24. The van der Waals surface area contributed by atoms with Crippen LogP contribution in [0.3, 0.4) is 0 Å². The number of rotatable bonds is 2. The Morgan fingerprint density at radius 2 is 1.71 bits per heavy atom. The minimum Gasteiger partial charge on any atom is -0.496 e. The van der Waals surface area contributed by atoms with E-state index in [1.54, 1.807) is 7.11 Å². The fourth-order valence-electron chi connectivity index (χ4n) is 1.26. The summed E-state index contributed by atoms with van der Waals surface area (Å²) in [6.45, 7) is 6.48. The van der Waals surface area contributed by atoms with Gasteiger partial charge in [0.05, 0.1) is 7.11 Å². The van der Waals surface area contributed by atoms with Crippen molar-refractivity contribution in [2.24, 2.45) is 5.41 Å². The third-order valence-corrected chi connectivity index (χ3v) is 1.84. The average Bonchev–Trinajstić information content (AvgIpc) is 2.14. The van der Waals surface area contributed by atoms with Gasteiger partial charge in [-0.2, -0.15) is 0 Å². The van der Waals surface area contributed by atoms with Crippen LogP contribution in [0.1, 0.15) is 26.3 Å². The Kier molecular flexibility index (Phi) is 3.34. The fourth-order valence-corrected chi connectivity index (χ4v) is 1.26. The molecule has 1 nitrogen and oxygen atoms in total. The monoisotopic (exact) mass is 190 g/mol. The first-order valence-electron chi connectivity index (χ1n) is 4.85. The highest BCUT2D eigenvalue weighted by molar-refractivity contribution is 5.60. The number of hydrogen-bond donors (Lipinski definition) is 0. The summed E-state index contributed by atoms with van der Waals surface area (Å²) < 4.78 is 5.37. The van der Waals surface area contributed by atoms with Gasteiger partial charge < -0.3 is 4.74 Å². The van der Waals surface area contributed by atoms with E-state index in [-0.39, 0.29) is 5.41 Å². The summed E-state index contributed by atoms with van der Waals surface area (Å²) in [5.74, 6) is 0.943. The van der Waals surface area contributed by atoms with E-state index >= 15 is 0 Å². The van der Waals surface area contributed by atoms with Crippen LogP contribution in [0.15, 0.2) is 36.4 Å². The molecule has 0 aromatic heterocycles. The molecular formula is C13H18O. The maximum atomic E-state index is 5.37. The lowest BCUT2D eigenvalue weighted by atomic mass is 9.94. The van der Waals surface area contributed by atoms with Crippen molar-refractivity contribution < 1.29 is 4.74 Å². The topological polar surface area (TPSA) is 9.23 Å². The van der Waals surface area contributed by atoms with E-state index in [9.17, 15) is 0 Å². The third kappa shape index (κ3) is 3.25. The van der Waals surface area contributed by atoms with Gasteiger partial charge in [0.25, 0.3) is 0 Å². The zero-order valence-electron chi connectivity index (χ0n) is 9.37. The van der Waals surface area contributed by atoms with Crippen molar-refractivity contribution in [3.05, 3.63) is 42.0 Å². The van der Waals surface area contributed by atoms with Gasteiger partial charge in [-0.05, 0) is 11.5 Å². The molecule has 0 aliphatic heterocycles. The Morgan fingerprint density at radius 3 is 2.14 bits per heavy atom. The molecule has 0 spiro atoms. The molecule has 1 aromatic rings. The van der Waals surface area contributed by atoms with E-state index in [0.29, 0.717) is 0 Å². The Bertz CT molecular complexity index is 304. The molecule has 0 aliphatic carbocycles. The summed E-state index contributed by atoms with van der Waals surface area (Å²) in [6.07, 6.45) is 2.14. The molecule has 14 heavy (non-hydrogen) atoms. The van der Waals surface area contributed by atoms with Crippen LogP contribution < -0.4 is 0 Å². The molecule has 0 saturated carbocycles. The number of ether oxygens (including phenoxy) is 1. The lowest BCUT2D eigenvalue weighted by Crippen LogP contribution is -2.02. The number of benzene rings is 1. The standard InChI is InChI=1S/C13H18O/c1-13(2,3)10-12(14-4)11-8-6-5-7-9-11/h5-10H,1-4H3/b12-10+. The van der Waals surface area contributed by atoms with Crippen LogP contribution in [0.25, 0.3) is 5.76 Å². The molecule has 0 fully saturated rings. The zero-order valence-corrected chi connectivity index (χ0v) is 9.37. The maximum Gasteiger partial charge on any atom is 0.122 e. The van der Waals surface area contributed by atoms with Gasteiger partial charge in [-0.15, -0.1) is 0 Å². The zero-order chi connectivity index (χ0) is 10.6. The molecule has 0 atom stereocenters. The molecule has 0 aliphatic rings. The number of hydrogen-bond acceptors (Lipinski definition) is 1. The fraction of sp³-hybridized carbons (Fsp3) is 0.385. The van der Waals surface area contributed by atoms with Gasteiger partial charge in [-0.25, -0.2) is 0 Å². The predicted octanol–water partition coefficient (Wildman–Crippen LogP) is 3.72. The Balaban J connectivity index is 3.00. The number of methoxy groups -OCH3 is 1. The van der Waals surface area contributed by atoms with Gasteiger partial charge in [0.2, 0.25) is 0 Å². The molecule has 0 radical (unpaired) electrons. The molecule has 76 valence electrons. The minimum atomic E-state index is 0.140. The van der Waals surface area contributed by atoms with Crippen LogP contribution >= 0.6 is 0 Å². The summed E-state index contributed by atoms with van der Waals surface area (Å²) in [7, 11) is 1.71. The van der Waals surface area contributed by atoms with Crippen LogP contribution in [0.5, 0.6) is 0 Å². The van der Waals surface area contributed by atoms with Gasteiger partial charge in [0, 0.05) is 5.56 Å². The van der Waals surface area contributed by atoms with E-state index in [1.165, 1.54) is 0 Å². The van der Waals surface area contributed by atoms with E-state index < -0.39 is 0 Å².